The van der Waals surface area contributed by atoms with Crippen LogP contribution in [0.1, 0.15) is 25.6 Å². The molecule has 2 heterocycles. The molecular weight excluding hydrogens is 216 g/mol. The SMILES string of the molecule is C=C(c1nnc(C)o1)N1CCN(C)C(C)(C)C1. The van der Waals surface area contributed by atoms with Gasteiger partial charge in [0.15, 0.2) is 0 Å². The first-order valence-corrected chi connectivity index (χ1v) is 5.86. The molecule has 0 spiro atoms. The standard InChI is InChI=1S/C12H20N4O/c1-9(11-14-13-10(2)17-11)16-7-6-15(5)12(3,4)8-16/h1,6-8H2,2-5H3. The summed E-state index contributed by atoms with van der Waals surface area (Å²) in [5, 5.41) is 7.86. The fraction of sp³-hybridized carbons (Fsp3) is 0.667. The topological polar surface area (TPSA) is 45.4 Å². The van der Waals surface area contributed by atoms with Crippen LogP contribution in [0.5, 0.6) is 0 Å². The Morgan fingerprint density at radius 1 is 1.35 bits per heavy atom. The summed E-state index contributed by atoms with van der Waals surface area (Å²) >= 11 is 0. The van der Waals surface area contributed by atoms with Crippen molar-refractivity contribution in [1.82, 2.24) is 20.0 Å². The second kappa shape index (κ2) is 4.14. The fourth-order valence-electron chi connectivity index (χ4n) is 2.02. The normalized spacial score (nSPS) is 20.6. The molecule has 5 nitrogen and oxygen atoms in total. The molecule has 0 radical (unpaired) electrons. The van der Waals surface area contributed by atoms with Crippen molar-refractivity contribution in [1.29, 1.82) is 0 Å². The summed E-state index contributed by atoms with van der Waals surface area (Å²) in [4.78, 5) is 4.57. The number of hydrogen-bond donors (Lipinski definition) is 0. The molecule has 1 saturated heterocycles. The maximum Gasteiger partial charge on any atom is 0.263 e. The lowest BCUT2D eigenvalue weighted by Crippen LogP contribution is -2.56. The van der Waals surface area contributed by atoms with Gasteiger partial charge in [0.2, 0.25) is 5.89 Å². The van der Waals surface area contributed by atoms with Crippen molar-refractivity contribution < 1.29 is 4.42 Å². The number of piperazine rings is 1. The number of rotatable bonds is 2. The molecule has 1 aliphatic heterocycles. The molecule has 1 aromatic rings. The summed E-state index contributed by atoms with van der Waals surface area (Å²) in [5.74, 6) is 1.11. The molecule has 0 unspecified atom stereocenters. The minimum Gasteiger partial charge on any atom is -0.420 e. The third-order valence-corrected chi connectivity index (χ3v) is 3.47. The molecule has 1 aliphatic rings. The minimum atomic E-state index is 0.135. The molecule has 0 N–H and O–H groups in total. The van der Waals surface area contributed by atoms with Crippen LogP contribution in [0.15, 0.2) is 11.0 Å². The van der Waals surface area contributed by atoms with E-state index in [1.807, 2.05) is 0 Å². The van der Waals surface area contributed by atoms with Crippen LogP contribution in [-0.2, 0) is 0 Å². The quantitative estimate of drug-likeness (QED) is 0.776. The van der Waals surface area contributed by atoms with Gasteiger partial charge >= 0.3 is 0 Å². The van der Waals surface area contributed by atoms with Crippen molar-refractivity contribution in [2.45, 2.75) is 26.3 Å². The smallest absolute Gasteiger partial charge is 0.263 e. The van der Waals surface area contributed by atoms with Crippen molar-refractivity contribution in [2.24, 2.45) is 0 Å². The minimum absolute atomic E-state index is 0.135. The van der Waals surface area contributed by atoms with Gasteiger partial charge in [-0.05, 0) is 20.9 Å². The summed E-state index contributed by atoms with van der Waals surface area (Å²) < 4.78 is 5.42. The predicted octanol–water partition coefficient (Wildman–Crippen LogP) is 1.37. The lowest BCUT2D eigenvalue weighted by atomic mass is 9.99. The molecule has 17 heavy (non-hydrogen) atoms. The second-order valence-corrected chi connectivity index (χ2v) is 5.23. The summed E-state index contributed by atoms with van der Waals surface area (Å²) in [6.45, 7) is 13.2. The Bertz CT molecular complexity index is 424. The van der Waals surface area contributed by atoms with E-state index in [1.165, 1.54) is 0 Å². The highest BCUT2D eigenvalue weighted by Crippen LogP contribution is 2.25. The van der Waals surface area contributed by atoms with Crippen LogP contribution in [-0.4, -0.2) is 52.2 Å². The van der Waals surface area contributed by atoms with Crippen molar-refractivity contribution in [3.8, 4) is 0 Å². The lowest BCUT2D eigenvalue weighted by molar-refractivity contribution is 0.0688. The zero-order valence-corrected chi connectivity index (χ0v) is 11.0. The number of nitrogens with zero attached hydrogens (tertiary/aromatic N) is 4. The third-order valence-electron chi connectivity index (χ3n) is 3.47. The molecular formula is C12H20N4O. The number of aromatic nitrogens is 2. The Balaban J connectivity index is 2.11. The van der Waals surface area contributed by atoms with E-state index in [1.54, 1.807) is 6.92 Å². The Morgan fingerprint density at radius 3 is 2.59 bits per heavy atom. The summed E-state index contributed by atoms with van der Waals surface area (Å²) in [6.07, 6.45) is 0. The molecule has 5 heteroatoms. The Labute approximate surface area is 102 Å². The summed E-state index contributed by atoms with van der Waals surface area (Å²) in [5.41, 5.74) is 0.961. The molecule has 2 rings (SSSR count). The van der Waals surface area contributed by atoms with E-state index in [-0.39, 0.29) is 5.54 Å². The van der Waals surface area contributed by atoms with Crippen LogP contribution in [0.3, 0.4) is 0 Å². The molecule has 0 aromatic carbocycles. The first kappa shape index (κ1) is 12.1. The van der Waals surface area contributed by atoms with Gasteiger partial charge in [0.1, 0.15) is 0 Å². The van der Waals surface area contributed by atoms with Gasteiger partial charge < -0.3 is 9.32 Å². The van der Waals surface area contributed by atoms with Crippen LogP contribution in [0, 0.1) is 6.92 Å². The number of aryl methyl sites for hydroxylation is 1. The Morgan fingerprint density at radius 2 is 2.06 bits per heavy atom. The molecule has 0 saturated carbocycles. The van der Waals surface area contributed by atoms with E-state index < -0.39 is 0 Å². The lowest BCUT2D eigenvalue weighted by Gasteiger charge is -2.46. The highest BCUT2D eigenvalue weighted by Gasteiger charge is 2.32. The van der Waals surface area contributed by atoms with Gasteiger partial charge in [0.25, 0.3) is 5.89 Å². The third kappa shape index (κ3) is 2.34. The Hall–Kier alpha value is -1.36. The van der Waals surface area contributed by atoms with Gasteiger partial charge in [-0.2, -0.15) is 0 Å². The van der Waals surface area contributed by atoms with E-state index in [0.717, 1.165) is 25.3 Å². The maximum absolute atomic E-state index is 5.42. The summed E-state index contributed by atoms with van der Waals surface area (Å²) in [6, 6.07) is 0. The van der Waals surface area contributed by atoms with Crippen molar-refractivity contribution in [2.75, 3.05) is 26.7 Å². The molecule has 94 valence electrons. The van der Waals surface area contributed by atoms with Crippen molar-refractivity contribution in [3.05, 3.63) is 18.4 Å². The molecule has 0 atom stereocenters. The van der Waals surface area contributed by atoms with Crippen LogP contribution in [0.2, 0.25) is 0 Å². The van der Waals surface area contributed by atoms with Gasteiger partial charge in [-0.25, -0.2) is 0 Å². The average Bonchev–Trinajstić information content (AvgIpc) is 2.68. The first-order chi connectivity index (χ1) is 7.90. The Kier molecular flexibility index (Phi) is 2.95. The highest BCUT2D eigenvalue weighted by atomic mass is 16.4. The molecule has 0 bridgehead atoms. The summed E-state index contributed by atoms with van der Waals surface area (Å²) in [7, 11) is 2.15. The van der Waals surface area contributed by atoms with Gasteiger partial charge in [-0.15, -0.1) is 10.2 Å². The van der Waals surface area contributed by atoms with E-state index in [0.29, 0.717) is 11.8 Å². The first-order valence-electron chi connectivity index (χ1n) is 5.86. The number of likely N-dealkylation sites (N-methyl/N-ethyl adjacent to an activating group) is 1. The highest BCUT2D eigenvalue weighted by molar-refractivity contribution is 5.53. The van der Waals surface area contributed by atoms with Gasteiger partial charge in [-0.3, -0.25) is 4.90 Å². The van der Waals surface area contributed by atoms with Crippen LogP contribution < -0.4 is 0 Å². The van der Waals surface area contributed by atoms with Crippen LogP contribution >= 0.6 is 0 Å². The van der Waals surface area contributed by atoms with E-state index >= 15 is 0 Å². The van der Waals surface area contributed by atoms with Gasteiger partial charge in [0.05, 0.1) is 5.70 Å². The predicted molar refractivity (Wildman–Crippen MR) is 66.4 cm³/mol. The number of hydrogen-bond acceptors (Lipinski definition) is 5. The van der Waals surface area contributed by atoms with Gasteiger partial charge in [0, 0.05) is 32.1 Å². The van der Waals surface area contributed by atoms with Crippen molar-refractivity contribution >= 4 is 5.70 Å². The zero-order valence-electron chi connectivity index (χ0n) is 11.0. The molecule has 1 fully saturated rings. The average molecular weight is 236 g/mol. The molecule has 0 amide bonds. The van der Waals surface area contributed by atoms with Gasteiger partial charge in [-0.1, -0.05) is 6.58 Å². The van der Waals surface area contributed by atoms with Crippen LogP contribution in [0.25, 0.3) is 5.70 Å². The molecule has 1 aromatic heterocycles. The largest absolute Gasteiger partial charge is 0.420 e. The monoisotopic (exact) mass is 236 g/mol. The molecule has 0 aliphatic carbocycles. The fourth-order valence-corrected chi connectivity index (χ4v) is 2.02. The maximum atomic E-state index is 5.42. The van der Waals surface area contributed by atoms with E-state index in [9.17, 15) is 0 Å². The van der Waals surface area contributed by atoms with Crippen molar-refractivity contribution in [3.63, 3.8) is 0 Å². The van der Waals surface area contributed by atoms with E-state index in [2.05, 4.69) is 47.5 Å². The van der Waals surface area contributed by atoms with E-state index in [4.69, 9.17) is 4.42 Å². The zero-order chi connectivity index (χ0) is 12.6. The van der Waals surface area contributed by atoms with Crippen LogP contribution in [0.4, 0.5) is 0 Å². The second-order valence-electron chi connectivity index (χ2n) is 5.23.